The minimum absolute atomic E-state index is 1.04. The highest BCUT2D eigenvalue weighted by atomic mass is 14.9. The Bertz CT molecular complexity index is 88.7. The fourth-order valence-corrected chi connectivity index (χ4v) is 2.24. The summed E-state index contributed by atoms with van der Waals surface area (Å²) >= 11 is 0. The first kappa shape index (κ1) is 5.72. The largest absolute Gasteiger partial charge is 0.316 e. The molecule has 2 rings (SSSR count). The Morgan fingerprint density at radius 2 is 1.89 bits per heavy atom. The second-order valence-electron chi connectivity index (χ2n) is 3.54. The van der Waals surface area contributed by atoms with Crippen LogP contribution in [-0.4, -0.2) is 13.1 Å². The van der Waals surface area contributed by atoms with Gasteiger partial charge in [-0.1, -0.05) is 6.42 Å². The molecule has 52 valence electrons. The van der Waals surface area contributed by atoms with Gasteiger partial charge in [0, 0.05) is 0 Å². The van der Waals surface area contributed by atoms with Crippen LogP contribution in [0.5, 0.6) is 0 Å². The second-order valence-corrected chi connectivity index (χ2v) is 3.54. The highest BCUT2D eigenvalue weighted by molar-refractivity contribution is 4.80. The Kier molecular flexibility index (Phi) is 1.46. The first-order valence-corrected chi connectivity index (χ1v) is 4.16. The van der Waals surface area contributed by atoms with E-state index in [1.165, 1.54) is 38.8 Å². The van der Waals surface area contributed by atoms with E-state index in [1.54, 1.807) is 0 Å². The maximum absolute atomic E-state index is 3.48. The molecule has 0 amide bonds. The third-order valence-electron chi connectivity index (χ3n) is 2.81. The van der Waals surface area contributed by atoms with Crippen LogP contribution in [0.1, 0.15) is 25.7 Å². The molecule has 0 aromatic heterocycles. The molecular formula is C8H15N. The molecule has 1 heterocycles. The molecule has 0 radical (unpaired) electrons. The number of hydrogen-bond donors (Lipinski definition) is 1. The number of hydrogen-bond acceptors (Lipinski definition) is 1. The number of nitrogens with one attached hydrogen (secondary N) is 1. The van der Waals surface area contributed by atoms with Crippen LogP contribution in [-0.2, 0) is 0 Å². The molecule has 0 aromatic rings. The van der Waals surface area contributed by atoms with E-state index in [0.717, 1.165) is 11.8 Å². The zero-order valence-electron chi connectivity index (χ0n) is 5.90. The normalized spacial score (nSPS) is 42.7. The SMILES string of the molecule is C1C[C@H]2CC[C@@H](CN1)C2. The first-order chi connectivity index (χ1) is 4.45. The Balaban J connectivity index is 1.99. The van der Waals surface area contributed by atoms with Crippen LogP contribution in [0.15, 0.2) is 0 Å². The van der Waals surface area contributed by atoms with Crippen molar-refractivity contribution in [3.8, 4) is 0 Å². The molecule has 2 fully saturated rings. The van der Waals surface area contributed by atoms with Crippen molar-refractivity contribution in [1.82, 2.24) is 5.32 Å². The molecular weight excluding hydrogens is 110 g/mol. The zero-order chi connectivity index (χ0) is 6.10. The van der Waals surface area contributed by atoms with Crippen molar-refractivity contribution in [3.05, 3.63) is 0 Å². The monoisotopic (exact) mass is 125 g/mol. The summed E-state index contributed by atoms with van der Waals surface area (Å²) in [5.41, 5.74) is 0. The van der Waals surface area contributed by atoms with Gasteiger partial charge in [-0.3, -0.25) is 0 Å². The summed E-state index contributed by atoms with van der Waals surface area (Å²) in [7, 11) is 0. The van der Waals surface area contributed by atoms with E-state index in [0.29, 0.717) is 0 Å². The summed E-state index contributed by atoms with van der Waals surface area (Å²) in [5.74, 6) is 2.13. The Labute approximate surface area is 56.8 Å². The fourth-order valence-electron chi connectivity index (χ4n) is 2.24. The topological polar surface area (TPSA) is 12.0 Å². The van der Waals surface area contributed by atoms with Crippen LogP contribution >= 0.6 is 0 Å². The third-order valence-corrected chi connectivity index (χ3v) is 2.81. The maximum atomic E-state index is 3.48. The lowest BCUT2D eigenvalue weighted by molar-refractivity contribution is 0.498. The van der Waals surface area contributed by atoms with E-state index >= 15 is 0 Å². The van der Waals surface area contributed by atoms with Gasteiger partial charge in [-0.15, -0.1) is 0 Å². The second kappa shape index (κ2) is 2.30. The summed E-state index contributed by atoms with van der Waals surface area (Å²) < 4.78 is 0. The van der Waals surface area contributed by atoms with Gasteiger partial charge in [0.2, 0.25) is 0 Å². The smallest absolute Gasteiger partial charge is 0.00204 e. The molecule has 9 heavy (non-hydrogen) atoms. The highest BCUT2D eigenvalue weighted by Gasteiger charge is 2.25. The Morgan fingerprint density at radius 1 is 1.00 bits per heavy atom. The van der Waals surface area contributed by atoms with Crippen molar-refractivity contribution in [1.29, 1.82) is 0 Å². The van der Waals surface area contributed by atoms with Crippen molar-refractivity contribution >= 4 is 0 Å². The van der Waals surface area contributed by atoms with Gasteiger partial charge in [0.15, 0.2) is 0 Å². The van der Waals surface area contributed by atoms with Crippen LogP contribution < -0.4 is 5.32 Å². The van der Waals surface area contributed by atoms with Gasteiger partial charge in [-0.25, -0.2) is 0 Å². The maximum Gasteiger partial charge on any atom is -0.00204 e. The van der Waals surface area contributed by atoms with Crippen LogP contribution in [0.4, 0.5) is 0 Å². The lowest BCUT2D eigenvalue weighted by atomic mass is 10.0. The molecule has 2 bridgehead atoms. The summed E-state index contributed by atoms with van der Waals surface area (Å²) in [6, 6.07) is 0. The van der Waals surface area contributed by atoms with Gasteiger partial charge < -0.3 is 5.32 Å². The summed E-state index contributed by atoms with van der Waals surface area (Å²) in [6.07, 6.45) is 5.98. The van der Waals surface area contributed by atoms with Crippen LogP contribution in [0, 0.1) is 11.8 Å². The molecule has 1 heteroatoms. The summed E-state index contributed by atoms with van der Waals surface area (Å²) in [6.45, 7) is 2.58. The predicted octanol–water partition coefficient (Wildman–Crippen LogP) is 1.40. The van der Waals surface area contributed by atoms with Crippen LogP contribution in [0.25, 0.3) is 0 Å². The van der Waals surface area contributed by atoms with Crippen molar-refractivity contribution in [3.63, 3.8) is 0 Å². The predicted molar refractivity (Wildman–Crippen MR) is 38.3 cm³/mol. The number of fused-ring (bicyclic) bond motifs is 2. The van der Waals surface area contributed by atoms with Gasteiger partial charge in [0.25, 0.3) is 0 Å². The lowest BCUT2D eigenvalue weighted by Gasteiger charge is -2.07. The van der Waals surface area contributed by atoms with Crippen LogP contribution in [0.2, 0.25) is 0 Å². The van der Waals surface area contributed by atoms with Gasteiger partial charge in [-0.2, -0.15) is 0 Å². The minimum Gasteiger partial charge on any atom is -0.316 e. The van der Waals surface area contributed by atoms with E-state index in [2.05, 4.69) is 5.32 Å². The molecule has 1 aliphatic carbocycles. The number of rotatable bonds is 0. The standard InChI is InChI=1S/C8H15N/c1-2-8-5-7(1)3-4-9-6-8/h7-9H,1-6H2/t7-,8-/m1/s1. The molecule has 1 nitrogen and oxygen atoms in total. The Hall–Kier alpha value is -0.0400. The molecule has 1 saturated carbocycles. The Morgan fingerprint density at radius 3 is 2.89 bits per heavy atom. The quantitative estimate of drug-likeness (QED) is 0.516. The molecule has 2 aliphatic rings. The molecule has 1 N–H and O–H groups in total. The molecule has 1 aliphatic heterocycles. The van der Waals surface area contributed by atoms with E-state index < -0.39 is 0 Å². The van der Waals surface area contributed by atoms with Gasteiger partial charge >= 0.3 is 0 Å². The molecule has 2 atom stereocenters. The van der Waals surface area contributed by atoms with Gasteiger partial charge in [0.05, 0.1) is 0 Å². The van der Waals surface area contributed by atoms with Crippen LogP contribution in [0.3, 0.4) is 0 Å². The third kappa shape index (κ3) is 1.11. The summed E-state index contributed by atoms with van der Waals surface area (Å²) in [5, 5.41) is 3.48. The molecule has 0 aromatic carbocycles. The minimum atomic E-state index is 1.04. The van der Waals surface area contributed by atoms with E-state index in [-0.39, 0.29) is 0 Å². The van der Waals surface area contributed by atoms with Gasteiger partial charge in [-0.05, 0) is 44.2 Å². The average molecular weight is 125 g/mol. The lowest BCUT2D eigenvalue weighted by Crippen LogP contribution is -2.20. The zero-order valence-corrected chi connectivity index (χ0v) is 5.90. The van der Waals surface area contributed by atoms with Crippen molar-refractivity contribution in [2.45, 2.75) is 25.7 Å². The summed E-state index contributed by atoms with van der Waals surface area (Å²) in [4.78, 5) is 0. The van der Waals surface area contributed by atoms with E-state index in [9.17, 15) is 0 Å². The first-order valence-electron chi connectivity index (χ1n) is 4.16. The van der Waals surface area contributed by atoms with E-state index in [4.69, 9.17) is 0 Å². The van der Waals surface area contributed by atoms with Gasteiger partial charge in [0.1, 0.15) is 0 Å². The van der Waals surface area contributed by atoms with Crippen molar-refractivity contribution in [2.75, 3.05) is 13.1 Å². The molecule has 0 spiro atoms. The van der Waals surface area contributed by atoms with Crippen molar-refractivity contribution < 1.29 is 0 Å². The fraction of sp³-hybridized carbons (Fsp3) is 1.00. The average Bonchev–Trinajstić information content (AvgIpc) is 2.09. The van der Waals surface area contributed by atoms with E-state index in [1.807, 2.05) is 0 Å². The van der Waals surface area contributed by atoms with Crippen molar-refractivity contribution in [2.24, 2.45) is 11.8 Å². The molecule has 0 unspecified atom stereocenters. The highest BCUT2D eigenvalue weighted by Crippen LogP contribution is 2.33. The molecule has 1 saturated heterocycles.